The van der Waals surface area contributed by atoms with Gasteiger partial charge in [0.2, 0.25) is 0 Å². The molecule has 0 radical (unpaired) electrons. The molecule has 184 valence electrons. The topological polar surface area (TPSA) is 68.3 Å². The third-order valence-electron chi connectivity index (χ3n) is 5.32. The molecule has 2 bridgehead atoms. The molecule has 1 aliphatic heterocycles. The predicted molar refractivity (Wildman–Crippen MR) is 134 cm³/mol. The zero-order valence-corrected chi connectivity index (χ0v) is 19.8. The summed E-state index contributed by atoms with van der Waals surface area (Å²) in [6, 6.07) is 28.3. The largest absolute Gasteiger partial charge is 0.487 e. The number of hydrogen-bond donors (Lipinski definition) is 0. The van der Waals surface area contributed by atoms with Crippen LogP contribution < -0.4 is 18.9 Å². The van der Waals surface area contributed by atoms with Crippen LogP contribution >= 0.6 is 0 Å². The first-order chi connectivity index (χ1) is 17.8. The van der Waals surface area contributed by atoms with Crippen LogP contribution in [0.3, 0.4) is 0 Å². The molecule has 4 aromatic rings. The Balaban J connectivity index is 1.40. The number of ether oxygens (including phenoxy) is 6. The van der Waals surface area contributed by atoms with Crippen molar-refractivity contribution in [2.75, 3.05) is 26.4 Å². The van der Waals surface area contributed by atoms with Crippen LogP contribution in [0.25, 0.3) is 0 Å². The van der Waals surface area contributed by atoms with Crippen molar-refractivity contribution < 1.29 is 28.4 Å². The lowest BCUT2D eigenvalue weighted by Gasteiger charge is -2.16. The minimum atomic E-state index is 0.367. The number of rotatable bonds is 0. The van der Waals surface area contributed by atoms with Gasteiger partial charge in [-0.1, -0.05) is 42.5 Å². The van der Waals surface area contributed by atoms with Crippen LogP contribution in [0.2, 0.25) is 0 Å². The van der Waals surface area contributed by atoms with E-state index in [9.17, 15) is 0 Å². The summed E-state index contributed by atoms with van der Waals surface area (Å²) in [4.78, 5) is 4.60. The highest BCUT2D eigenvalue weighted by Gasteiger charge is 2.13. The summed E-state index contributed by atoms with van der Waals surface area (Å²) in [6.45, 7) is 2.33. The van der Waals surface area contributed by atoms with Crippen molar-refractivity contribution in [1.82, 2.24) is 4.98 Å². The van der Waals surface area contributed by atoms with Crippen molar-refractivity contribution in [2.24, 2.45) is 0 Å². The van der Waals surface area contributed by atoms with Gasteiger partial charge in [0.05, 0.1) is 37.8 Å². The first kappa shape index (κ1) is 23.7. The summed E-state index contributed by atoms with van der Waals surface area (Å²) in [6.07, 6.45) is 0. The Labute approximate surface area is 210 Å². The van der Waals surface area contributed by atoms with E-state index in [1.165, 1.54) is 0 Å². The van der Waals surface area contributed by atoms with Gasteiger partial charge in [-0.15, -0.1) is 0 Å². The Morgan fingerprint density at radius 3 is 1.25 bits per heavy atom. The van der Waals surface area contributed by atoms with Crippen molar-refractivity contribution >= 4 is 0 Å². The lowest BCUT2D eigenvalue weighted by Crippen LogP contribution is -2.09. The molecule has 5 rings (SSSR count). The van der Waals surface area contributed by atoms with Crippen LogP contribution in [0, 0.1) is 0 Å². The first-order valence-electron chi connectivity index (χ1n) is 11.8. The molecular formula is C29H27NO6. The molecule has 0 unspecified atom stereocenters. The Kier molecular flexibility index (Phi) is 7.93. The Hall–Kier alpha value is -4.07. The number of nitrogens with zero attached hydrogens (tertiary/aromatic N) is 1. The Morgan fingerprint density at radius 1 is 0.417 bits per heavy atom. The molecule has 7 heteroatoms. The van der Waals surface area contributed by atoms with Gasteiger partial charge in [-0.2, -0.15) is 0 Å². The van der Waals surface area contributed by atoms with Crippen molar-refractivity contribution in [2.45, 2.75) is 13.2 Å². The maximum atomic E-state index is 6.22. The number of para-hydroxylation sites is 6. The maximum absolute atomic E-state index is 6.22. The molecule has 1 aromatic heterocycles. The van der Waals surface area contributed by atoms with Gasteiger partial charge < -0.3 is 28.4 Å². The van der Waals surface area contributed by atoms with E-state index in [4.69, 9.17) is 28.4 Å². The monoisotopic (exact) mass is 485 g/mol. The number of hydrogen-bond acceptors (Lipinski definition) is 7. The van der Waals surface area contributed by atoms with Crippen LogP contribution in [0.15, 0.2) is 91.0 Å². The van der Waals surface area contributed by atoms with E-state index in [0.717, 1.165) is 11.4 Å². The van der Waals surface area contributed by atoms with Gasteiger partial charge in [0.15, 0.2) is 34.5 Å². The number of benzene rings is 3. The van der Waals surface area contributed by atoms with E-state index in [-0.39, 0.29) is 0 Å². The van der Waals surface area contributed by atoms with Crippen LogP contribution in [0.5, 0.6) is 34.5 Å². The van der Waals surface area contributed by atoms with Gasteiger partial charge in [0, 0.05) is 0 Å². The highest BCUT2D eigenvalue weighted by molar-refractivity contribution is 5.50. The molecule has 0 amide bonds. The summed E-state index contributed by atoms with van der Waals surface area (Å²) < 4.78 is 35.9. The molecule has 0 fully saturated rings. The van der Waals surface area contributed by atoms with E-state index in [1.807, 2.05) is 91.0 Å². The third kappa shape index (κ3) is 6.33. The van der Waals surface area contributed by atoms with Crippen LogP contribution in [0.1, 0.15) is 11.4 Å². The summed E-state index contributed by atoms with van der Waals surface area (Å²) in [7, 11) is 0. The molecule has 0 atom stereocenters. The standard InChI is InChI=1S/C29H27NO6/c1-3-12-26-24(10-1)33-18-16-31-20-22-8-7-9-23(30-22)21-32-17-19-34-25-11-2-4-13-27(25)36-29-15-6-5-14-28(29)35-26/h1-15H,16-21H2. The van der Waals surface area contributed by atoms with E-state index >= 15 is 0 Å². The molecule has 0 spiro atoms. The molecule has 0 saturated carbocycles. The van der Waals surface area contributed by atoms with Crippen molar-refractivity contribution in [3.05, 3.63) is 102 Å². The molecule has 36 heavy (non-hydrogen) atoms. The summed E-state index contributed by atoms with van der Waals surface area (Å²) in [5.74, 6) is 3.50. The normalized spacial score (nSPS) is 14.7. The van der Waals surface area contributed by atoms with Crippen molar-refractivity contribution in [3.63, 3.8) is 0 Å². The first-order valence-corrected chi connectivity index (χ1v) is 11.8. The molecule has 2 heterocycles. The molecular weight excluding hydrogens is 458 g/mol. The molecule has 0 aliphatic carbocycles. The molecule has 3 aromatic carbocycles. The van der Waals surface area contributed by atoms with Gasteiger partial charge in [-0.3, -0.25) is 4.98 Å². The zero-order valence-electron chi connectivity index (χ0n) is 19.8. The van der Waals surface area contributed by atoms with Crippen molar-refractivity contribution in [3.8, 4) is 34.5 Å². The van der Waals surface area contributed by atoms with Crippen molar-refractivity contribution in [1.29, 1.82) is 0 Å². The number of aromatic nitrogens is 1. The van der Waals surface area contributed by atoms with Gasteiger partial charge in [0.25, 0.3) is 0 Å². The molecule has 0 N–H and O–H groups in total. The summed E-state index contributed by atoms with van der Waals surface area (Å²) in [5.41, 5.74) is 1.68. The second-order valence-corrected chi connectivity index (χ2v) is 7.97. The quantitative estimate of drug-likeness (QED) is 0.295. The van der Waals surface area contributed by atoms with E-state index in [2.05, 4.69) is 4.98 Å². The average Bonchev–Trinajstić information content (AvgIpc) is 2.91. The van der Waals surface area contributed by atoms with Crippen LogP contribution in [-0.4, -0.2) is 31.4 Å². The minimum Gasteiger partial charge on any atom is -0.487 e. The second-order valence-electron chi connectivity index (χ2n) is 7.97. The maximum Gasteiger partial charge on any atom is 0.170 e. The van der Waals surface area contributed by atoms with Crippen LogP contribution in [0.4, 0.5) is 0 Å². The van der Waals surface area contributed by atoms with Crippen LogP contribution in [-0.2, 0) is 22.7 Å². The Bertz CT molecular complexity index is 1180. The van der Waals surface area contributed by atoms with Gasteiger partial charge in [-0.05, 0) is 48.5 Å². The highest BCUT2D eigenvalue weighted by atomic mass is 16.6. The molecule has 7 nitrogen and oxygen atoms in total. The molecule has 0 saturated heterocycles. The molecule has 1 aliphatic rings. The fourth-order valence-electron chi connectivity index (χ4n) is 3.63. The SMILES string of the molecule is c1cc2nc(c1)COCCOc1ccccc1Oc1ccccc1Oc1ccccc1OCCOC2. The number of fused-ring (bicyclic) bond motifs is 5. The minimum absolute atomic E-state index is 0.367. The van der Waals surface area contributed by atoms with Gasteiger partial charge in [-0.25, -0.2) is 0 Å². The second kappa shape index (κ2) is 12.1. The fraction of sp³-hybridized carbons (Fsp3) is 0.207. The highest BCUT2D eigenvalue weighted by Crippen LogP contribution is 2.40. The summed E-state index contributed by atoms with van der Waals surface area (Å²) in [5, 5.41) is 0. The lowest BCUT2D eigenvalue weighted by atomic mass is 10.3. The number of pyridine rings is 1. The average molecular weight is 486 g/mol. The fourth-order valence-corrected chi connectivity index (χ4v) is 3.63. The van der Waals surface area contributed by atoms with Gasteiger partial charge >= 0.3 is 0 Å². The van der Waals surface area contributed by atoms with Gasteiger partial charge in [0.1, 0.15) is 13.2 Å². The zero-order chi connectivity index (χ0) is 24.4. The smallest absolute Gasteiger partial charge is 0.170 e. The predicted octanol–water partition coefficient (Wildman–Crippen LogP) is 6.17. The Morgan fingerprint density at radius 2 is 0.806 bits per heavy atom. The van der Waals surface area contributed by atoms with E-state index < -0.39 is 0 Å². The third-order valence-corrected chi connectivity index (χ3v) is 5.32. The lowest BCUT2D eigenvalue weighted by molar-refractivity contribution is 0.0814. The summed E-state index contributed by atoms with van der Waals surface area (Å²) >= 11 is 0. The van der Waals surface area contributed by atoms with E-state index in [0.29, 0.717) is 74.1 Å². The van der Waals surface area contributed by atoms with E-state index in [1.54, 1.807) is 0 Å².